The molecule has 0 aromatic rings. The van der Waals surface area contributed by atoms with Crippen LogP contribution in [0, 0.1) is 5.92 Å². The van der Waals surface area contributed by atoms with Gasteiger partial charge < -0.3 is 14.2 Å². The molecule has 6 heteroatoms. The average molecular weight is 653 g/mol. The largest absolute Gasteiger partial charge is 0.462 e. The van der Waals surface area contributed by atoms with Gasteiger partial charge in [-0.25, -0.2) is 0 Å². The van der Waals surface area contributed by atoms with Crippen LogP contribution in [0.4, 0.5) is 0 Å². The molecule has 1 unspecified atom stereocenters. The number of unbranched alkanes of at least 4 members (excludes halogenated alkanes) is 21. The molecule has 0 aliphatic heterocycles. The van der Waals surface area contributed by atoms with E-state index in [1.165, 1.54) is 103 Å². The van der Waals surface area contributed by atoms with E-state index in [1.807, 2.05) is 0 Å². The SMILES string of the molecule is CCCCCCCCCCCCCCCC(=O)OC[C@H](COC(=O)CCCCCCC)OC(=O)CCCCCCCCC(C)CC. The first-order valence-electron chi connectivity index (χ1n) is 19.9. The predicted octanol–water partition coefficient (Wildman–Crippen LogP) is 12.0. The lowest BCUT2D eigenvalue weighted by atomic mass is 10.00. The number of hydrogen-bond donors (Lipinski definition) is 0. The van der Waals surface area contributed by atoms with Crippen LogP contribution in [0.25, 0.3) is 0 Å². The van der Waals surface area contributed by atoms with Crippen molar-refractivity contribution < 1.29 is 28.6 Å². The van der Waals surface area contributed by atoms with Crippen LogP contribution in [-0.4, -0.2) is 37.2 Å². The van der Waals surface area contributed by atoms with Crippen LogP contribution in [0.2, 0.25) is 0 Å². The molecule has 0 radical (unpaired) electrons. The number of hydrogen-bond acceptors (Lipinski definition) is 6. The van der Waals surface area contributed by atoms with Gasteiger partial charge in [-0.2, -0.15) is 0 Å². The monoisotopic (exact) mass is 653 g/mol. The summed E-state index contributed by atoms with van der Waals surface area (Å²) >= 11 is 0. The Balaban J connectivity index is 4.25. The number of esters is 3. The van der Waals surface area contributed by atoms with Crippen molar-refractivity contribution in [1.29, 1.82) is 0 Å². The Labute approximate surface area is 285 Å². The van der Waals surface area contributed by atoms with Crippen LogP contribution in [0.15, 0.2) is 0 Å². The van der Waals surface area contributed by atoms with E-state index in [2.05, 4.69) is 27.7 Å². The first-order valence-corrected chi connectivity index (χ1v) is 19.9. The predicted molar refractivity (Wildman–Crippen MR) is 192 cm³/mol. The molecular weight excluding hydrogens is 576 g/mol. The van der Waals surface area contributed by atoms with Crippen LogP contribution in [0.5, 0.6) is 0 Å². The molecule has 0 spiro atoms. The fraction of sp³-hybridized carbons (Fsp3) is 0.925. The molecule has 272 valence electrons. The summed E-state index contributed by atoms with van der Waals surface area (Å²) in [5.74, 6) is -0.0694. The molecule has 0 aliphatic rings. The van der Waals surface area contributed by atoms with Gasteiger partial charge in [0.25, 0.3) is 0 Å². The van der Waals surface area contributed by atoms with Crippen LogP contribution in [0.3, 0.4) is 0 Å². The minimum Gasteiger partial charge on any atom is -0.462 e. The number of carbonyl (C=O) groups excluding carboxylic acids is 3. The molecule has 0 saturated carbocycles. The Morgan fingerprint density at radius 3 is 1.13 bits per heavy atom. The molecule has 0 aromatic carbocycles. The van der Waals surface area contributed by atoms with Gasteiger partial charge in [0, 0.05) is 19.3 Å². The Kier molecular flexibility index (Phi) is 33.5. The Hall–Kier alpha value is -1.59. The number of ether oxygens (including phenoxy) is 3. The summed E-state index contributed by atoms with van der Waals surface area (Å²) in [4.78, 5) is 37.2. The van der Waals surface area contributed by atoms with E-state index in [0.717, 1.165) is 70.1 Å². The van der Waals surface area contributed by atoms with Crippen molar-refractivity contribution in [1.82, 2.24) is 0 Å². The maximum atomic E-state index is 12.6. The highest BCUT2D eigenvalue weighted by molar-refractivity contribution is 5.71. The Bertz CT molecular complexity index is 693. The van der Waals surface area contributed by atoms with Crippen LogP contribution in [-0.2, 0) is 28.6 Å². The van der Waals surface area contributed by atoms with Gasteiger partial charge in [-0.1, -0.05) is 175 Å². The van der Waals surface area contributed by atoms with Gasteiger partial charge in [0.05, 0.1) is 0 Å². The van der Waals surface area contributed by atoms with Gasteiger partial charge >= 0.3 is 17.9 Å². The third-order valence-corrected chi connectivity index (χ3v) is 9.15. The highest BCUT2D eigenvalue weighted by atomic mass is 16.6. The summed E-state index contributed by atoms with van der Waals surface area (Å²) in [5.41, 5.74) is 0. The van der Waals surface area contributed by atoms with Crippen molar-refractivity contribution in [2.75, 3.05) is 13.2 Å². The Morgan fingerprint density at radius 1 is 0.435 bits per heavy atom. The van der Waals surface area contributed by atoms with Gasteiger partial charge in [-0.3, -0.25) is 14.4 Å². The molecule has 0 bridgehead atoms. The lowest BCUT2D eigenvalue weighted by Gasteiger charge is -2.18. The van der Waals surface area contributed by atoms with E-state index >= 15 is 0 Å². The maximum Gasteiger partial charge on any atom is 0.306 e. The van der Waals surface area contributed by atoms with E-state index in [9.17, 15) is 14.4 Å². The zero-order valence-corrected chi connectivity index (χ0v) is 31.0. The van der Waals surface area contributed by atoms with Gasteiger partial charge in [-0.05, 0) is 25.2 Å². The van der Waals surface area contributed by atoms with Crippen LogP contribution < -0.4 is 0 Å². The number of carbonyl (C=O) groups is 3. The van der Waals surface area contributed by atoms with Crippen molar-refractivity contribution in [2.45, 2.75) is 220 Å². The Morgan fingerprint density at radius 2 is 0.761 bits per heavy atom. The van der Waals surface area contributed by atoms with Crippen LogP contribution >= 0.6 is 0 Å². The molecule has 0 N–H and O–H groups in total. The first kappa shape index (κ1) is 44.4. The molecule has 6 nitrogen and oxygen atoms in total. The topological polar surface area (TPSA) is 78.9 Å². The lowest BCUT2D eigenvalue weighted by molar-refractivity contribution is -0.167. The molecule has 0 fully saturated rings. The van der Waals surface area contributed by atoms with Crippen molar-refractivity contribution >= 4 is 17.9 Å². The summed E-state index contributed by atoms with van der Waals surface area (Å²) in [6.45, 7) is 8.86. The second-order valence-corrected chi connectivity index (χ2v) is 13.8. The third kappa shape index (κ3) is 32.4. The lowest BCUT2D eigenvalue weighted by Crippen LogP contribution is -2.30. The maximum absolute atomic E-state index is 12.6. The summed E-state index contributed by atoms with van der Waals surface area (Å²) in [7, 11) is 0. The molecule has 0 aromatic heterocycles. The highest BCUT2D eigenvalue weighted by Gasteiger charge is 2.19. The molecule has 2 atom stereocenters. The zero-order valence-electron chi connectivity index (χ0n) is 31.0. The molecule has 0 saturated heterocycles. The summed E-state index contributed by atoms with van der Waals surface area (Å²) < 4.78 is 16.5. The quantitative estimate of drug-likeness (QED) is 0.0385. The second-order valence-electron chi connectivity index (χ2n) is 13.8. The van der Waals surface area contributed by atoms with Crippen molar-refractivity contribution in [3.05, 3.63) is 0 Å². The molecule has 0 amide bonds. The van der Waals surface area contributed by atoms with Crippen LogP contribution in [0.1, 0.15) is 214 Å². The van der Waals surface area contributed by atoms with E-state index < -0.39 is 6.10 Å². The minimum atomic E-state index is -0.757. The second kappa shape index (κ2) is 34.7. The van der Waals surface area contributed by atoms with E-state index in [-0.39, 0.29) is 31.1 Å². The smallest absolute Gasteiger partial charge is 0.306 e. The highest BCUT2D eigenvalue weighted by Crippen LogP contribution is 2.16. The van der Waals surface area contributed by atoms with Gasteiger partial charge in [0.1, 0.15) is 13.2 Å². The summed E-state index contributed by atoms with van der Waals surface area (Å²) in [5, 5.41) is 0. The van der Waals surface area contributed by atoms with Gasteiger partial charge in [0.15, 0.2) is 6.10 Å². The molecule has 46 heavy (non-hydrogen) atoms. The molecule has 0 rings (SSSR count). The van der Waals surface area contributed by atoms with Crippen molar-refractivity contribution in [2.24, 2.45) is 5.92 Å². The first-order chi connectivity index (χ1) is 22.4. The fourth-order valence-electron chi connectivity index (χ4n) is 5.71. The van der Waals surface area contributed by atoms with Crippen molar-refractivity contribution in [3.63, 3.8) is 0 Å². The fourth-order valence-corrected chi connectivity index (χ4v) is 5.71. The average Bonchev–Trinajstić information content (AvgIpc) is 3.05. The third-order valence-electron chi connectivity index (χ3n) is 9.15. The normalized spacial score (nSPS) is 12.5. The molecule has 0 aliphatic carbocycles. The number of rotatable bonds is 35. The van der Waals surface area contributed by atoms with E-state index in [0.29, 0.717) is 19.3 Å². The molecule has 0 heterocycles. The van der Waals surface area contributed by atoms with Gasteiger partial charge in [-0.15, -0.1) is 0 Å². The van der Waals surface area contributed by atoms with E-state index in [1.54, 1.807) is 0 Å². The van der Waals surface area contributed by atoms with Crippen molar-refractivity contribution in [3.8, 4) is 0 Å². The van der Waals surface area contributed by atoms with Gasteiger partial charge in [0.2, 0.25) is 0 Å². The minimum absolute atomic E-state index is 0.0665. The summed E-state index contributed by atoms with van der Waals surface area (Å²) in [6.07, 6.45) is 31.1. The molecular formula is C40H76O6. The zero-order chi connectivity index (χ0) is 33.9. The van der Waals surface area contributed by atoms with E-state index in [4.69, 9.17) is 14.2 Å². The standard InChI is InChI=1S/C40H76O6/c1-5-8-10-12-13-14-15-16-17-18-19-24-28-32-39(42)45-35-37(34-44-38(41)31-27-22-11-9-6-2)46-40(43)33-29-25-21-20-23-26-30-36(4)7-3/h36-37H,5-35H2,1-4H3/t36?,37-/m0/s1. The summed E-state index contributed by atoms with van der Waals surface area (Å²) in [6, 6.07) is 0.